The number of thioether (sulfide) groups is 1. The number of amides is 1. The summed E-state index contributed by atoms with van der Waals surface area (Å²) in [6, 6.07) is 17.8. The first kappa shape index (κ1) is 22.4. The van der Waals surface area contributed by atoms with E-state index in [-0.39, 0.29) is 11.9 Å². The molecule has 2 aromatic carbocycles. The van der Waals surface area contributed by atoms with E-state index in [2.05, 4.69) is 29.4 Å². The van der Waals surface area contributed by atoms with E-state index in [4.69, 9.17) is 11.6 Å². The van der Waals surface area contributed by atoms with E-state index in [0.717, 1.165) is 28.6 Å². The summed E-state index contributed by atoms with van der Waals surface area (Å²) in [6.07, 6.45) is 1.27. The van der Waals surface area contributed by atoms with Gasteiger partial charge >= 0.3 is 0 Å². The second-order valence-corrected chi connectivity index (χ2v) is 8.98. The number of halogens is 1. The van der Waals surface area contributed by atoms with Gasteiger partial charge in [0.05, 0.1) is 5.02 Å². The van der Waals surface area contributed by atoms with Crippen molar-refractivity contribution in [3.05, 3.63) is 59.6 Å². The van der Waals surface area contributed by atoms with Gasteiger partial charge in [0.2, 0.25) is 5.91 Å². The highest BCUT2D eigenvalue weighted by molar-refractivity contribution is 7.99. The summed E-state index contributed by atoms with van der Waals surface area (Å²) >= 11 is 8.02. The van der Waals surface area contributed by atoms with E-state index in [9.17, 15) is 4.79 Å². The molecule has 0 saturated carbocycles. The van der Waals surface area contributed by atoms with Crippen LogP contribution in [0.4, 0.5) is 0 Å². The van der Waals surface area contributed by atoms with Crippen molar-refractivity contribution in [3.8, 4) is 17.1 Å². The Balaban J connectivity index is 1.73. The fourth-order valence-corrected chi connectivity index (χ4v) is 3.99. The van der Waals surface area contributed by atoms with Gasteiger partial charge in [-0.2, -0.15) is 0 Å². The number of nitrogens with one attached hydrogen (secondary N) is 1. The van der Waals surface area contributed by atoms with Crippen molar-refractivity contribution in [2.45, 2.75) is 44.8 Å². The van der Waals surface area contributed by atoms with Crippen molar-refractivity contribution < 1.29 is 4.79 Å². The Hall–Kier alpha value is -2.31. The van der Waals surface area contributed by atoms with Crippen molar-refractivity contribution in [2.75, 3.05) is 5.75 Å². The van der Waals surface area contributed by atoms with Crippen LogP contribution < -0.4 is 5.32 Å². The fourth-order valence-electron chi connectivity index (χ4n) is 2.88. The average molecular weight is 443 g/mol. The second kappa shape index (κ2) is 10.6. The Morgan fingerprint density at radius 1 is 1.07 bits per heavy atom. The zero-order chi connectivity index (χ0) is 21.5. The van der Waals surface area contributed by atoms with Crippen molar-refractivity contribution in [1.82, 2.24) is 20.1 Å². The van der Waals surface area contributed by atoms with E-state index < -0.39 is 0 Å². The Labute approximate surface area is 187 Å². The van der Waals surface area contributed by atoms with Gasteiger partial charge in [-0.25, -0.2) is 0 Å². The largest absolute Gasteiger partial charge is 0.353 e. The van der Waals surface area contributed by atoms with Crippen LogP contribution in [0.1, 0.15) is 33.6 Å². The predicted molar refractivity (Wildman–Crippen MR) is 124 cm³/mol. The van der Waals surface area contributed by atoms with Crippen molar-refractivity contribution >= 4 is 29.3 Å². The molecule has 1 atom stereocenters. The molecule has 1 heterocycles. The Morgan fingerprint density at radius 3 is 2.47 bits per heavy atom. The minimum absolute atomic E-state index is 0.0954. The maximum absolute atomic E-state index is 12.1. The topological polar surface area (TPSA) is 59.8 Å². The summed E-state index contributed by atoms with van der Waals surface area (Å²) in [5.41, 5.74) is 1.81. The number of carbonyl (C=O) groups is 1. The number of aromatic nitrogens is 3. The normalized spacial score (nSPS) is 12.2. The lowest BCUT2D eigenvalue weighted by Crippen LogP contribution is -2.35. The number of benzene rings is 2. The van der Waals surface area contributed by atoms with Gasteiger partial charge in [-0.3, -0.25) is 9.36 Å². The SMILES string of the molecule is CC(C)C(C)NC(=O)CCCSc1nnc(-c2ccccc2Cl)n1-c1ccccc1. The molecular formula is C23H27ClN4OS. The van der Waals surface area contributed by atoms with Gasteiger partial charge in [-0.1, -0.05) is 67.5 Å². The minimum atomic E-state index is 0.0954. The number of hydrogen-bond acceptors (Lipinski definition) is 4. The van der Waals surface area contributed by atoms with Gasteiger partial charge in [0.1, 0.15) is 0 Å². The lowest BCUT2D eigenvalue weighted by Gasteiger charge is -2.17. The molecular weight excluding hydrogens is 416 g/mol. The third-order valence-corrected chi connectivity index (χ3v) is 6.28. The van der Waals surface area contributed by atoms with Crippen LogP contribution in [0, 0.1) is 5.92 Å². The van der Waals surface area contributed by atoms with Gasteiger partial charge < -0.3 is 5.32 Å². The van der Waals surface area contributed by atoms with E-state index in [1.54, 1.807) is 11.8 Å². The summed E-state index contributed by atoms with van der Waals surface area (Å²) in [4.78, 5) is 12.1. The third-order valence-electron chi connectivity index (χ3n) is 4.93. The van der Waals surface area contributed by atoms with Crippen LogP contribution in [0.25, 0.3) is 17.1 Å². The standard InChI is InChI=1S/C23H27ClN4OS/c1-16(2)17(3)25-21(29)14-9-15-30-23-27-26-22(19-12-7-8-13-20(19)24)28(23)18-10-5-4-6-11-18/h4-8,10-13,16-17H,9,14-15H2,1-3H3,(H,25,29). The molecule has 0 bridgehead atoms. The van der Waals surface area contributed by atoms with Crippen LogP contribution in [0.5, 0.6) is 0 Å². The molecule has 7 heteroatoms. The van der Waals surface area contributed by atoms with Crippen molar-refractivity contribution in [1.29, 1.82) is 0 Å². The van der Waals surface area contributed by atoms with Crippen LogP contribution in [0.2, 0.25) is 5.02 Å². The summed E-state index contributed by atoms with van der Waals surface area (Å²) in [6.45, 7) is 6.25. The molecule has 3 aromatic rings. The fraction of sp³-hybridized carbons (Fsp3) is 0.348. The molecule has 1 amide bonds. The lowest BCUT2D eigenvalue weighted by atomic mass is 10.1. The number of para-hydroxylation sites is 1. The van der Waals surface area contributed by atoms with Crippen molar-refractivity contribution in [3.63, 3.8) is 0 Å². The first-order valence-electron chi connectivity index (χ1n) is 10.1. The highest BCUT2D eigenvalue weighted by Gasteiger charge is 2.18. The summed E-state index contributed by atoms with van der Waals surface area (Å²) in [5.74, 6) is 2.00. The number of nitrogens with zero attached hydrogens (tertiary/aromatic N) is 3. The second-order valence-electron chi connectivity index (χ2n) is 7.51. The van der Waals surface area contributed by atoms with Gasteiger partial charge in [-0.15, -0.1) is 10.2 Å². The molecule has 1 N–H and O–H groups in total. The number of rotatable bonds is 9. The van der Waals surface area contributed by atoms with Crippen LogP contribution in [-0.4, -0.2) is 32.5 Å². The summed E-state index contributed by atoms with van der Waals surface area (Å²) in [5, 5.41) is 13.3. The Morgan fingerprint density at radius 2 is 1.77 bits per heavy atom. The maximum atomic E-state index is 12.1. The minimum Gasteiger partial charge on any atom is -0.353 e. The highest BCUT2D eigenvalue weighted by Crippen LogP contribution is 2.32. The zero-order valence-electron chi connectivity index (χ0n) is 17.5. The third kappa shape index (κ3) is 5.64. The molecule has 0 aliphatic heterocycles. The number of carbonyl (C=O) groups excluding carboxylic acids is 1. The van der Waals surface area contributed by atoms with Crippen LogP contribution >= 0.6 is 23.4 Å². The Kier molecular flexibility index (Phi) is 7.94. The molecule has 1 unspecified atom stereocenters. The molecule has 5 nitrogen and oxygen atoms in total. The summed E-state index contributed by atoms with van der Waals surface area (Å²) < 4.78 is 2.02. The quantitative estimate of drug-likeness (QED) is 0.345. The van der Waals surface area contributed by atoms with E-state index in [1.807, 2.05) is 66.1 Å². The molecule has 30 heavy (non-hydrogen) atoms. The molecule has 0 spiro atoms. The molecule has 0 fully saturated rings. The highest BCUT2D eigenvalue weighted by atomic mass is 35.5. The van der Waals surface area contributed by atoms with Crippen LogP contribution in [0.15, 0.2) is 59.8 Å². The van der Waals surface area contributed by atoms with Crippen LogP contribution in [-0.2, 0) is 4.79 Å². The Bertz CT molecular complexity index is 974. The molecule has 0 radical (unpaired) electrons. The predicted octanol–water partition coefficient (Wildman–Crippen LogP) is 5.62. The summed E-state index contributed by atoms with van der Waals surface area (Å²) in [7, 11) is 0. The molecule has 3 rings (SSSR count). The first-order valence-corrected chi connectivity index (χ1v) is 11.5. The van der Waals surface area contributed by atoms with E-state index >= 15 is 0 Å². The molecule has 1 aromatic heterocycles. The van der Waals surface area contributed by atoms with Crippen LogP contribution in [0.3, 0.4) is 0 Å². The van der Waals surface area contributed by atoms with Gasteiger partial charge in [-0.05, 0) is 43.5 Å². The molecule has 0 saturated heterocycles. The zero-order valence-corrected chi connectivity index (χ0v) is 19.1. The van der Waals surface area contributed by atoms with Gasteiger partial charge in [0.15, 0.2) is 11.0 Å². The lowest BCUT2D eigenvalue weighted by molar-refractivity contribution is -0.121. The smallest absolute Gasteiger partial charge is 0.220 e. The monoisotopic (exact) mass is 442 g/mol. The van der Waals surface area contributed by atoms with Gasteiger partial charge in [0.25, 0.3) is 0 Å². The first-order chi connectivity index (χ1) is 14.5. The number of hydrogen-bond donors (Lipinski definition) is 1. The molecule has 0 aliphatic carbocycles. The molecule has 0 aliphatic rings. The average Bonchev–Trinajstić information content (AvgIpc) is 3.15. The van der Waals surface area contributed by atoms with E-state index in [1.165, 1.54) is 0 Å². The van der Waals surface area contributed by atoms with Crippen molar-refractivity contribution in [2.24, 2.45) is 5.92 Å². The van der Waals surface area contributed by atoms with E-state index in [0.29, 0.717) is 23.2 Å². The molecule has 158 valence electrons. The van der Waals surface area contributed by atoms with Gasteiger partial charge in [0, 0.05) is 29.5 Å². The maximum Gasteiger partial charge on any atom is 0.220 e.